The molecule has 0 bridgehead atoms. The molecule has 1 fully saturated rings. The maximum Gasteiger partial charge on any atom is 0.438 e. The van der Waals surface area contributed by atoms with Crippen LogP contribution in [0.4, 0.5) is 15.3 Å². The van der Waals surface area contributed by atoms with E-state index in [1.165, 1.54) is 7.11 Å². The standard InChI is InChI=1S/C30H36N4O7S/c1-20-27(31-34(30(37)42-20)29(36)41-15-5-11-32-13-16-40-17-14-32)22-7-9-24-21(18-22)6-4-12-33(24)28(35)23-8-10-25(38-2)26(19-23)39-3/h7-10,18-20H,4-6,11-17H2,1-3H3. The molecule has 1 atom stereocenters. The lowest BCUT2D eigenvalue weighted by molar-refractivity contribution is 0.0338. The highest BCUT2D eigenvalue weighted by molar-refractivity contribution is 8.14. The zero-order valence-electron chi connectivity index (χ0n) is 24.2. The molecule has 0 radical (unpaired) electrons. The van der Waals surface area contributed by atoms with Crippen LogP contribution in [0.3, 0.4) is 0 Å². The molecule has 0 spiro atoms. The summed E-state index contributed by atoms with van der Waals surface area (Å²) in [6.45, 7) is 6.63. The predicted octanol–water partition coefficient (Wildman–Crippen LogP) is 4.42. The smallest absolute Gasteiger partial charge is 0.438 e. The summed E-state index contributed by atoms with van der Waals surface area (Å²) in [5.41, 5.74) is 3.74. The Bertz CT molecular complexity index is 1360. The van der Waals surface area contributed by atoms with Gasteiger partial charge in [0.05, 0.1) is 45.0 Å². The Balaban J connectivity index is 1.29. The number of hydrogen-bond donors (Lipinski definition) is 0. The van der Waals surface area contributed by atoms with Gasteiger partial charge in [-0.25, -0.2) is 4.79 Å². The quantitative estimate of drug-likeness (QED) is 0.409. The molecule has 0 aliphatic carbocycles. The Morgan fingerprint density at radius 1 is 1.05 bits per heavy atom. The monoisotopic (exact) mass is 596 g/mol. The third-order valence-corrected chi connectivity index (χ3v) is 8.49. The predicted molar refractivity (Wildman–Crippen MR) is 160 cm³/mol. The summed E-state index contributed by atoms with van der Waals surface area (Å²) in [7, 11) is 3.10. The third-order valence-electron chi connectivity index (χ3n) is 7.53. The van der Waals surface area contributed by atoms with Gasteiger partial charge in [-0.1, -0.05) is 17.8 Å². The number of ether oxygens (including phenoxy) is 4. The Morgan fingerprint density at radius 2 is 1.83 bits per heavy atom. The maximum atomic E-state index is 13.5. The molecule has 42 heavy (non-hydrogen) atoms. The molecule has 12 heteroatoms. The average Bonchev–Trinajstić information content (AvgIpc) is 3.02. The van der Waals surface area contributed by atoms with E-state index in [-0.39, 0.29) is 17.8 Å². The first kappa shape index (κ1) is 29.9. The highest BCUT2D eigenvalue weighted by atomic mass is 32.2. The number of imide groups is 1. The molecule has 1 saturated heterocycles. The van der Waals surface area contributed by atoms with Gasteiger partial charge in [0.25, 0.3) is 5.91 Å². The second-order valence-corrected chi connectivity index (χ2v) is 11.5. The number of amides is 3. The molecule has 224 valence electrons. The fraction of sp³-hybridized carbons (Fsp3) is 0.467. The lowest BCUT2D eigenvalue weighted by atomic mass is 9.96. The zero-order chi connectivity index (χ0) is 29.6. The number of nitrogens with zero attached hydrogens (tertiary/aromatic N) is 4. The van der Waals surface area contributed by atoms with Crippen molar-refractivity contribution in [1.82, 2.24) is 9.91 Å². The lowest BCUT2D eigenvalue weighted by Crippen LogP contribution is -2.39. The summed E-state index contributed by atoms with van der Waals surface area (Å²) in [4.78, 5) is 43.0. The first-order valence-electron chi connectivity index (χ1n) is 14.1. The number of methoxy groups -OCH3 is 2. The van der Waals surface area contributed by atoms with Crippen LogP contribution in [0.1, 0.15) is 41.3 Å². The minimum atomic E-state index is -0.775. The van der Waals surface area contributed by atoms with E-state index in [2.05, 4.69) is 10.0 Å². The minimum Gasteiger partial charge on any atom is -0.493 e. The molecular weight excluding hydrogens is 560 g/mol. The van der Waals surface area contributed by atoms with Crippen molar-refractivity contribution in [3.63, 3.8) is 0 Å². The topological polar surface area (TPSA) is 110 Å². The molecule has 11 nitrogen and oxygen atoms in total. The van der Waals surface area contributed by atoms with Gasteiger partial charge in [-0.05, 0) is 67.6 Å². The molecule has 3 aliphatic rings. The van der Waals surface area contributed by atoms with Crippen LogP contribution in [0.15, 0.2) is 41.5 Å². The minimum absolute atomic E-state index is 0.128. The molecule has 2 aromatic rings. The second kappa shape index (κ2) is 13.6. The van der Waals surface area contributed by atoms with Crippen molar-refractivity contribution >= 4 is 40.4 Å². The second-order valence-electron chi connectivity index (χ2n) is 10.2. The number of hydrazone groups is 1. The number of hydrogen-bond acceptors (Lipinski definition) is 10. The van der Waals surface area contributed by atoms with E-state index in [0.717, 1.165) is 66.1 Å². The number of aryl methyl sites for hydroxylation is 1. The summed E-state index contributed by atoms with van der Waals surface area (Å²) >= 11 is 1.04. The normalized spacial score (nSPS) is 19.2. The molecule has 0 aromatic heterocycles. The molecule has 3 heterocycles. The summed E-state index contributed by atoms with van der Waals surface area (Å²) in [6, 6.07) is 10.9. The third kappa shape index (κ3) is 6.55. The van der Waals surface area contributed by atoms with Crippen LogP contribution in [-0.4, -0.2) is 98.3 Å². The van der Waals surface area contributed by atoms with E-state index in [1.807, 2.05) is 25.1 Å². The Kier molecular flexibility index (Phi) is 9.65. The van der Waals surface area contributed by atoms with Gasteiger partial charge >= 0.3 is 11.3 Å². The summed E-state index contributed by atoms with van der Waals surface area (Å²) < 4.78 is 21.4. The van der Waals surface area contributed by atoms with Gasteiger partial charge < -0.3 is 23.8 Å². The van der Waals surface area contributed by atoms with Crippen LogP contribution >= 0.6 is 11.8 Å². The number of carbonyl (C=O) groups excluding carboxylic acids is 3. The molecule has 3 amide bonds. The summed E-state index contributed by atoms with van der Waals surface area (Å²) in [6.07, 6.45) is 1.48. The highest BCUT2D eigenvalue weighted by Gasteiger charge is 2.34. The number of benzene rings is 2. The van der Waals surface area contributed by atoms with Crippen LogP contribution < -0.4 is 14.4 Å². The van der Waals surface area contributed by atoms with Gasteiger partial charge in [0.1, 0.15) is 0 Å². The zero-order valence-corrected chi connectivity index (χ0v) is 25.0. The van der Waals surface area contributed by atoms with Crippen molar-refractivity contribution in [1.29, 1.82) is 0 Å². The van der Waals surface area contributed by atoms with Crippen LogP contribution in [0.25, 0.3) is 0 Å². The van der Waals surface area contributed by atoms with Crippen LogP contribution in [0, 0.1) is 0 Å². The summed E-state index contributed by atoms with van der Waals surface area (Å²) in [5.74, 6) is 0.923. The van der Waals surface area contributed by atoms with Gasteiger partial charge in [0, 0.05) is 37.4 Å². The molecule has 2 aromatic carbocycles. The van der Waals surface area contributed by atoms with E-state index in [4.69, 9.17) is 18.9 Å². The van der Waals surface area contributed by atoms with Crippen LogP contribution in [-0.2, 0) is 15.9 Å². The molecule has 3 aliphatic heterocycles. The largest absolute Gasteiger partial charge is 0.493 e. The van der Waals surface area contributed by atoms with E-state index < -0.39 is 11.3 Å². The maximum absolute atomic E-state index is 13.5. The van der Waals surface area contributed by atoms with Crippen molar-refractivity contribution in [2.45, 2.75) is 31.4 Å². The number of morpholine rings is 1. The van der Waals surface area contributed by atoms with Crippen molar-refractivity contribution in [3.8, 4) is 11.5 Å². The fourth-order valence-electron chi connectivity index (χ4n) is 5.32. The average molecular weight is 597 g/mol. The van der Waals surface area contributed by atoms with Gasteiger partial charge in [0.15, 0.2) is 11.5 Å². The van der Waals surface area contributed by atoms with Crippen LogP contribution in [0.2, 0.25) is 0 Å². The first-order chi connectivity index (χ1) is 20.4. The van der Waals surface area contributed by atoms with E-state index >= 15 is 0 Å². The Labute approximate surface area is 249 Å². The fourth-order valence-corrected chi connectivity index (χ4v) is 6.13. The van der Waals surface area contributed by atoms with E-state index in [9.17, 15) is 14.4 Å². The Morgan fingerprint density at radius 3 is 2.60 bits per heavy atom. The lowest BCUT2D eigenvalue weighted by Gasteiger charge is -2.31. The highest BCUT2D eigenvalue weighted by Crippen LogP contribution is 2.34. The number of rotatable bonds is 8. The molecule has 0 saturated carbocycles. The summed E-state index contributed by atoms with van der Waals surface area (Å²) in [5, 5.41) is 4.54. The molecule has 0 N–H and O–H groups in total. The number of fused-ring (bicyclic) bond motifs is 1. The van der Waals surface area contributed by atoms with E-state index in [1.54, 1.807) is 30.2 Å². The number of anilines is 1. The number of carbonyl (C=O) groups is 3. The SMILES string of the molecule is COc1ccc(C(=O)N2CCCc3cc(C4=NN(C(=O)OCCCN5CCOCC5)C(=O)SC4C)ccc32)cc1OC. The van der Waals surface area contributed by atoms with Crippen LogP contribution in [0.5, 0.6) is 11.5 Å². The van der Waals surface area contributed by atoms with Gasteiger partial charge in [0.2, 0.25) is 0 Å². The number of thioether (sulfide) groups is 1. The van der Waals surface area contributed by atoms with E-state index in [0.29, 0.717) is 49.0 Å². The molecule has 5 rings (SSSR count). The first-order valence-corrected chi connectivity index (χ1v) is 15.0. The van der Waals surface area contributed by atoms with Crippen molar-refractivity contribution < 1.29 is 33.3 Å². The molecule has 1 unspecified atom stereocenters. The van der Waals surface area contributed by atoms with Crippen molar-refractivity contribution in [2.24, 2.45) is 5.10 Å². The van der Waals surface area contributed by atoms with Gasteiger partial charge in [-0.2, -0.15) is 5.10 Å². The Hall–Kier alpha value is -3.61. The van der Waals surface area contributed by atoms with Gasteiger partial charge in [-0.15, -0.1) is 5.01 Å². The van der Waals surface area contributed by atoms with Gasteiger partial charge in [-0.3, -0.25) is 14.5 Å². The van der Waals surface area contributed by atoms with Crippen molar-refractivity contribution in [3.05, 3.63) is 53.1 Å². The molecular formula is C30H36N4O7S. The van der Waals surface area contributed by atoms with Crippen molar-refractivity contribution in [2.75, 3.05) is 65.1 Å².